The van der Waals surface area contributed by atoms with E-state index in [1.165, 1.54) is 19.8 Å². The van der Waals surface area contributed by atoms with Crippen LogP contribution in [0, 0.1) is 12.8 Å². The molecule has 0 fully saturated rings. The van der Waals surface area contributed by atoms with Crippen molar-refractivity contribution in [3.8, 4) is 0 Å². The van der Waals surface area contributed by atoms with Crippen molar-refractivity contribution in [2.75, 3.05) is 17.2 Å². The lowest BCUT2D eigenvalue weighted by molar-refractivity contribution is -0.114. The van der Waals surface area contributed by atoms with E-state index in [0.29, 0.717) is 5.92 Å². The van der Waals surface area contributed by atoms with E-state index in [4.69, 9.17) is 0 Å². The van der Waals surface area contributed by atoms with Crippen LogP contribution in [0.2, 0.25) is 0 Å². The molecule has 0 aliphatic rings. The third kappa shape index (κ3) is 4.78. The average Bonchev–Trinajstić information content (AvgIpc) is 2.29. The van der Waals surface area contributed by atoms with Crippen LogP contribution in [-0.2, 0) is 4.79 Å². The zero-order chi connectivity index (χ0) is 13.5. The maximum absolute atomic E-state index is 11.0. The molecule has 1 amide bonds. The number of hydrogen-bond acceptors (Lipinski definition) is 2. The Kier molecular flexibility index (Phi) is 5.69. The summed E-state index contributed by atoms with van der Waals surface area (Å²) in [6.07, 6.45) is 2.47. The van der Waals surface area contributed by atoms with Crippen LogP contribution in [-0.4, -0.2) is 12.5 Å². The molecule has 1 aromatic carbocycles. The van der Waals surface area contributed by atoms with E-state index in [2.05, 4.69) is 30.5 Å². The van der Waals surface area contributed by atoms with E-state index in [0.717, 1.165) is 23.5 Å². The number of carbonyl (C=O) groups is 1. The highest BCUT2D eigenvalue weighted by Crippen LogP contribution is 2.20. The number of carbonyl (C=O) groups excluding carboxylic acids is 1. The Hall–Kier alpha value is -1.51. The molecular formula is C15H24N2O. The second kappa shape index (κ2) is 7.04. The second-order valence-corrected chi connectivity index (χ2v) is 4.99. The predicted octanol–water partition coefficient (Wildman–Crippen LogP) is 3.80. The van der Waals surface area contributed by atoms with Crippen molar-refractivity contribution in [1.29, 1.82) is 0 Å². The van der Waals surface area contributed by atoms with E-state index in [1.54, 1.807) is 0 Å². The van der Waals surface area contributed by atoms with Gasteiger partial charge in [0.05, 0.1) is 0 Å². The molecule has 0 aromatic heterocycles. The fourth-order valence-electron chi connectivity index (χ4n) is 1.99. The van der Waals surface area contributed by atoms with Gasteiger partial charge in [0.25, 0.3) is 0 Å². The van der Waals surface area contributed by atoms with Crippen molar-refractivity contribution in [3.05, 3.63) is 23.8 Å². The van der Waals surface area contributed by atoms with Gasteiger partial charge in [-0.05, 0) is 43.0 Å². The van der Waals surface area contributed by atoms with Crippen LogP contribution >= 0.6 is 0 Å². The molecule has 0 saturated heterocycles. The molecule has 0 aliphatic heterocycles. The lowest BCUT2D eigenvalue weighted by Crippen LogP contribution is -2.11. The van der Waals surface area contributed by atoms with Gasteiger partial charge in [0, 0.05) is 24.8 Å². The summed E-state index contributed by atoms with van der Waals surface area (Å²) in [7, 11) is 0. The molecule has 0 heterocycles. The van der Waals surface area contributed by atoms with E-state index in [-0.39, 0.29) is 5.91 Å². The minimum Gasteiger partial charge on any atom is -0.385 e. The standard InChI is InChI=1S/C15H24N2O/c1-5-6-11(2)10-16-14-7-8-15(12(3)9-14)17-13(4)18/h7-9,11,16H,5-6,10H2,1-4H3,(H,17,18). The Balaban J connectivity index is 2.58. The fourth-order valence-corrected chi connectivity index (χ4v) is 1.99. The van der Waals surface area contributed by atoms with Crippen molar-refractivity contribution in [3.63, 3.8) is 0 Å². The summed E-state index contributed by atoms with van der Waals surface area (Å²) in [5.74, 6) is 0.653. The van der Waals surface area contributed by atoms with Gasteiger partial charge in [0.15, 0.2) is 0 Å². The lowest BCUT2D eigenvalue weighted by Gasteiger charge is -2.14. The quantitative estimate of drug-likeness (QED) is 0.804. The zero-order valence-corrected chi connectivity index (χ0v) is 11.8. The smallest absolute Gasteiger partial charge is 0.221 e. The number of benzene rings is 1. The van der Waals surface area contributed by atoms with Gasteiger partial charge in [0.2, 0.25) is 5.91 Å². The largest absolute Gasteiger partial charge is 0.385 e. The summed E-state index contributed by atoms with van der Waals surface area (Å²) in [5.41, 5.74) is 3.08. The SMILES string of the molecule is CCCC(C)CNc1ccc(NC(C)=O)c(C)c1. The van der Waals surface area contributed by atoms with Crippen molar-refractivity contribution >= 4 is 17.3 Å². The maximum Gasteiger partial charge on any atom is 0.221 e. The van der Waals surface area contributed by atoms with E-state index < -0.39 is 0 Å². The molecule has 3 nitrogen and oxygen atoms in total. The van der Waals surface area contributed by atoms with Crippen LogP contribution in [0.3, 0.4) is 0 Å². The zero-order valence-electron chi connectivity index (χ0n) is 11.8. The number of nitrogens with one attached hydrogen (secondary N) is 2. The highest BCUT2D eigenvalue weighted by atomic mass is 16.1. The monoisotopic (exact) mass is 248 g/mol. The van der Waals surface area contributed by atoms with Crippen LogP contribution in [0.5, 0.6) is 0 Å². The molecule has 1 rings (SSSR count). The third-order valence-corrected chi connectivity index (χ3v) is 2.97. The number of aryl methyl sites for hydroxylation is 1. The average molecular weight is 248 g/mol. The maximum atomic E-state index is 11.0. The van der Waals surface area contributed by atoms with Crippen molar-refractivity contribution < 1.29 is 4.79 Å². The predicted molar refractivity (Wildman–Crippen MR) is 78.0 cm³/mol. The Bertz CT molecular complexity index is 401. The van der Waals surface area contributed by atoms with Gasteiger partial charge in [-0.1, -0.05) is 20.3 Å². The minimum atomic E-state index is -0.0321. The number of amides is 1. The first-order valence-corrected chi connectivity index (χ1v) is 6.65. The topological polar surface area (TPSA) is 41.1 Å². The van der Waals surface area contributed by atoms with Crippen LogP contribution in [0.25, 0.3) is 0 Å². The van der Waals surface area contributed by atoms with Gasteiger partial charge in [-0.3, -0.25) is 4.79 Å². The summed E-state index contributed by atoms with van der Waals surface area (Å²) in [4.78, 5) is 11.0. The highest BCUT2D eigenvalue weighted by Gasteiger charge is 2.03. The van der Waals surface area contributed by atoms with Gasteiger partial charge < -0.3 is 10.6 Å². The first-order chi connectivity index (χ1) is 8.52. The summed E-state index contributed by atoms with van der Waals surface area (Å²) in [5, 5.41) is 6.26. The molecule has 2 N–H and O–H groups in total. The molecule has 18 heavy (non-hydrogen) atoms. The lowest BCUT2D eigenvalue weighted by atomic mass is 10.1. The Labute approximate surface area is 110 Å². The molecular weight excluding hydrogens is 224 g/mol. The summed E-state index contributed by atoms with van der Waals surface area (Å²) in [6.45, 7) is 8.99. The Morgan fingerprint density at radius 2 is 2.11 bits per heavy atom. The number of rotatable bonds is 6. The molecule has 100 valence electrons. The first-order valence-electron chi connectivity index (χ1n) is 6.65. The van der Waals surface area contributed by atoms with Gasteiger partial charge >= 0.3 is 0 Å². The molecule has 0 spiro atoms. The minimum absolute atomic E-state index is 0.0321. The van der Waals surface area contributed by atoms with Crippen LogP contribution in [0.15, 0.2) is 18.2 Å². The van der Waals surface area contributed by atoms with Gasteiger partial charge in [-0.25, -0.2) is 0 Å². The van der Waals surface area contributed by atoms with E-state index >= 15 is 0 Å². The highest BCUT2D eigenvalue weighted by molar-refractivity contribution is 5.89. The summed E-state index contributed by atoms with van der Waals surface area (Å²) < 4.78 is 0. The molecule has 0 aliphatic carbocycles. The first kappa shape index (κ1) is 14.6. The second-order valence-electron chi connectivity index (χ2n) is 4.99. The molecule has 1 aromatic rings. The van der Waals surface area contributed by atoms with Gasteiger partial charge in [-0.15, -0.1) is 0 Å². The van der Waals surface area contributed by atoms with E-state index in [1.807, 2.05) is 19.1 Å². The summed E-state index contributed by atoms with van der Waals surface area (Å²) >= 11 is 0. The number of hydrogen-bond donors (Lipinski definition) is 2. The Morgan fingerprint density at radius 3 is 2.67 bits per heavy atom. The summed E-state index contributed by atoms with van der Waals surface area (Å²) in [6, 6.07) is 6.03. The molecule has 0 radical (unpaired) electrons. The van der Waals surface area contributed by atoms with Crippen molar-refractivity contribution in [2.45, 2.75) is 40.5 Å². The van der Waals surface area contributed by atoms with Crippen molar-refractivity contribution in [1.82, 2.24) is 0 Å². The van der Waals surface area contributed by atoms with Crippen LogP contribution in [0.1, 0.15) is 39.2 Å². The van der Waals surface area contributed by atoms with Gasteiger partial charge in [-0.2, -0.15) is 0 Å². The Morgan fingerprint density at radius 1 is 1.39 bits per heavy atom. The molecule has 3 heteroatoms. The molecule has 1 atom stereocenters. The van der Waals surface area contributed by atoms with Gasteiger partial charge in [0.1, 0.15) is 0 Å². The molecule has 0 saturated carbocycles. The fraction of sp³-hybridized carbons (Fsp3) is 0.533. The van der Waals surface area contributed by atoms with Crippen LogP contribution in [0.4, 0.5) is 11.4 Å². The molecule has 0 bridgehead atoms. The number of anilines is 2. The normalized spacial score (nSPS) is 12.0. The third-order valence-electron chi connectivity index (χ3n) is 2.97. The van der Waals surface area contributed by atoms with Crippen LogP contribution < -0.4 is 10.6 Å². The molecule has 1 unspecified atom stereocenters. The van der Waals surface area contributed by atoms with Crippen molar-refractivity contribution in [2.24, 2.45) is 5.92 Å². The van der Waals surface area contributed by atoms with E-state index in [9.17, 15) is 4.79 Å².